The molecule has 6 heteroatoms. The van der Waals surface area contributed by atoms with Crippen molar-refractivity contribution in [2.75, 3.05) is 13.3 Å². The second-order valence-corrected chi connectivity index (χ2v) is 6.72. The summed E-state index contributed by atoms with van der Waals surface area (Å²) in [5, 5.41) is 29.3. The van der Waals surface area contributed by atoms with Crippen LogP contribution in [0.3, 0.4) is 0 Å². The molecule has 1 aromatic carbocycles. The van der Waals surface area contributed by atoms with Gasteiger partial charge < -0.3 is 15.3 Å². The molecule has 1 aromatic rings. The van der Waals surface area contributed by atoms with Gasteiger partial charge in [0.25, 0.3) is 0 Å². The number of carbonyl (C=O) groups excluding carboxylic acids is 1. The highest BCUT2D eigenvalue weighted by Gasteiger charge is 2.39. The lowest BCUT2D eigenvalue weighted by Crippen LogP contribution is -2.51. The molecule has 0 saturated carbocycles. The van der Waals surface area contributed by atoms with Crippen molar-refractivity contribution in [3.05, 3.63) is 34.9 Å². The summed E-state index contributed by atoms with van der Waals surface area (Å²) in [6.45, 7) is 0.669. The molecule has 3 unspecified atom stereocenters. The van der Waals surface area contributed by atoms with Crippen molar-refractivity contribution < 1.29 is 20.1 Å². The molecule has 1 saturated heterocycles. The summed E-state index contributed by atoms with van der Waals surface area (Å²) in [5.74, 6) is 0.150. The SMILES string of the molecule is O=C1C=CC2C(CCN(CO)C2Cc2cc(O)c(O)cc2Cl)C1. The molecule has 0 amide bonds. The van der Waals surface area contributed by atoms with E-state index in [9.17, 15) is 20.1 Å². The Morgan fingerprint density at radius 3 is 2.74 bits per heavy atom. The van der Waals surface area contributed by atoms with E-state index in [-0.39, 0.29) is 41.9 Å². The minimum absolute atomic E-state index is 0.00421. The van der Waals surface area contributed by atoms with E-state index in [0.29, 0.717) is 17.9 Å². The van der Waals surface area contributed by atoms with Crippen molar-refractivity contribution in [3.8, 4) is 11.5 Å². The second-order valence-electron chi connectivity index (χ2n) is 6.31. The Bertz CT molecular complexity index is 646. The fourth-order valence-corrected chi connectivity index (χ4v) is 3.97. The number of allylic oxidation sites excluding steroid dienone is 1. The van der Waals surface area contributed by atoms with Gasteiger partial charge in [-0.2, -0.15) is 0 Å². The average Bonchev–Trinajstić information content (AvgIpc) is 2.52. The minimum atomic E-state index is -0.248. The first-order valence-corrected chi connectivity index (χ1v) is 8.13. The smallest absolute Gasteiger partial charge is 0.158 e. The summed E-state index contributed by atoms with van der Waals surface area (Å²) in [6, 6.07) is 2.80. The van der Waals surface area contributed by atoms with E-state index in [1.54, 1.807) is 6.08 Å². The molecule has 3 N–H and O–H groups in total. The molecule has 1 fully saturated rings. The number of fused-ring (bicyclic) bond motifs is 1. The minimum Gasteiger partial charge on any atom is -0.504 e. The van der Waals surface area contributed by atoms with Gasteiger partial charge >= 0.3 is 0 Å². The number of phenolic OH excluding ortho intramolecular Hbond substituents is 2. The number of likely N-dealkylation sites (tertiary alicyclic amines) is 1. The first-order chi connectivity index (χ1) is 11.0. The topological polar surface area (TPSA) is 81.0 Å². The molecule has 0 bridgehead atoms. The van der Waals surface area contributed by atoms with E-state index in [1.807, 2.05) is 11.0 Å². The Balaban J connectivity index is 1.90. The standard InChI is InChI=1S/C17H20ClNO4/c18-14-8-17(23)16(22)7-11(14)6-15-13-2-1-12(21)5-10(13)3-4-19(15)9-20/h1-2,7-8,10,13,15,20,22-23H,3-6,9H2. The molecule has 0 spiro atoms. The Labute approximate surface area is 139 Å². The molecule has 3 atom stereocenters. The number of aliphatic hydroxyl groups excluding tert-OH is 1. The van der Waals surface area contributed by atoms with Crippen LogP contribution in [0, 0.1) is 11.8 Å². The van der Waals surface area contributed by atoms with Crippen molar-refractivity contribution in [2.45, 2.75) is 25.3 Å². The molecule has 1 aliphatic carbocycles. The van der Waals surface area contributed by atoms with Gasteiger partial charge in [0, 0.05) is 30.1 Å². The molecule has 0 radical (unpaired) electrons. The van der Waals surface area contributed by atoms with Gasteiger partial charge in [-0.1, -0.05) is 17.7 Å². The number of carbonyl (C=O) groups is 1. The summed E-state index contributed by atoms with van der Waals surface area (Å²) in [5.41, 5.74) is 0.719. The van der Waals surface area contributed by atoms with Crippen LogP contribution in [0.2, 0.25) is 5.02 Å². The van der Waals surface area contributed by atoms with Crippen molar-refractivity contribution in [1.29, 1.82) is 0 Å². The van der Waals surface area contributed by atoms with Crippen molar-refractivity contribution in [2.24, 2.45) is 11.8 Å². The fourth-order valence-electron chi connectivity index (χ4n) is 3.73. The van der Waals surface area contributed by atoms with Crippen LogP contribution >= 0.6 is 11.6 Å². The van der Waals surface area contributed by atoms with E-state index >= 15 is 0 Å². The third-order valence-corrected chi connectivity index (χ3v) is 5.32. The first-order valence-electron chi connectivity index (χ1n) is 7.76. The Morgan fingerprint density at radius 2 is 2.00 bits per heavy atom. The lowest BCUT2D eigenvalue weighted by molar-refractivity contribution is -0.117. The highest BCUT2D eigenvalue weighted by atomic mass is 35.5. The van der Waals surface area contributed by atoms with Gasteiger partial charge in [0.1, 0.15) is 0 Å². The van der Waals surface area contributed by atoms with Crippen molar-refractivity contribution >= 4 is 17.4 Å². The molecule has 1 heterocycles. The Hall–Kier alpha value is -1.56. The second kappa shape index (κ2) is 6.51. The van der Waals surface area contributed by atoms with Gasteiger partial charge in [-0.3, -0.25) is 9.69 Å². The number of piperidine rings is 1. The number of hydrogen-bond donors (Lipinski definition) is 3. The van der Waals surface area contributed by atoms with E-state index in [4.69, 9.17) is 11.6 Å². The van der Waals surface area contributed by atoms with Gasteiger partial charge in [0.15, 0.2) is 17.3 Å². The maximum atomic E-state index is 11.6. The molecular weight excluding hydrogens is 318 g/mol. The van der Waals surface area contributed by atoms with Crippen LogP contribution in [-0.4, -0.2) is 45.3 Å². The van der Waals surface area contributed by atoms with Gasteiger partial charge in [-0.25, -0.2) is 0 Å². The Kier molecular flexibility index (Phi) is 4.62. The fraction of sp³-hybridized carbons (Fsp3) is 0.471. The van der Waals surface area contributed by atoms with Crippen LogP contribution in [0.15, 0.2) is 24.3 Å². The number of rotatable bonds is 3. The number of phenols is 2. The number of nitrogens with zero attached hydrogens (tertiary/aromatic N) is 1. The van der Waals surface area contributed by atoms with E-state index in [0.717, 1.165) is 18.5 Å². The third-order valence-electron chi connectivity index (χ3n) is 4.97. The van der Waals surface area contributed by atoms with E-state index in [1.165, 1.54) is 12.1 Å². The van der Waals surface area contributed by atoms with Crippen LogP contribution in [-0.2, 0) is 11.2 Å². The number of aromatic hydroxyl groups is 2. The van der Waals surface area contributed by atoms with Crippen LogP contribution in [0.5, 0.6) is 11.5 Å². The molecule has 2 aliphatic rings. The number of benzene rings is 1. The highest BCUT2D eigenvalue weighted by Crippen LogP contribution is 2.39. The van der Waals surface area contributed by atoms with Gasteiger partial charge in [0.2, 0.25) is 0 Å². The predicted molar refractivity (Wildman–Crippen MR) is 86.4 cm³/mol. The molecule has 0 aromatic heterocycles. The van der Waals surface area contributed by atoms with Gasteiger partial charge in [0.05, 0.1) is 6.73 Å². The van der Waals surface area contributed by atoms with Crippen LogP contribution in [0.25, 0.3) is 0 Å². The van der Waals surface area contributed by atoms with Crippen LogP contribution < -0.4 is 0 Å². The highest BCUT2D eigenvalue weighted by molar-refractivity contribution is 6.31. The number of halogens is 1. The maximum absolute atomic E-state index is 11.6. The molecule has 1 aliphatic heterocycles. The van der Waals surface area contributed by atoms with E-state index < -0.39 is 0 Å². The number of aliphatic hydroxyl groups is 1. The van der Waals surface area contributed by atoms with Crippen molar-refractivity contribution in [3.63, 3.8) is 0 Å². The molecule has 5 nitrogen and oxygen atoms in total. The lowest BCUT2D eigenvalue weighted by Gasteiger charge is -2.45. The van der Waals surface area contributed by atoms with Crippen LogP contribution in [0.1, 0.15) is 18.4 Å². The zero-order valence-electron chi connectivity index (χ0n) is 12.7. The zero-order chi connectivity index (χ0) is 16.6. The lowest BCUT2D eigenvalue weighted by atomic mass is 9.72. The average molecular weight is 338 g/mol. The number of hydrogen-bond acceptors (Lipinski definition) is 5. The zero-order valence-corrected chi connectivity index (χ0v) is 13.4. The molecule has 124 valence electrons. The molecule has 23 heavy (non-hydrogen) atoms. The summed E-state index contributed by atoms with van der Waals surface area (Å²) in [7, 11) is 0. The number of ketones is 1. The monoisotopic (exact) mass is 337 g/mol. The van der Waals surface area contributed by atoms with Gasteiger partial charge in [-0.05, 0) is 42.4 Å². The summed E-state index contributed by atoms with van der Waals surface area (Å²) < 4.78 is 0. The quantitative estimate of drug-likeness (QED) is 0.736. The van der Waals surface area contributed by atoms with Crippen LogP contribution in [0.4, 0.5) is 0 Å². The summed E-state index contributed by atoms with van der Waals surface area (Å²) >= 11 is 6.19. The molecule has 3 rings (SSSR count). The van der Waals surface area contributed by atoms with E-state index in [2.05, 4.69) is 0 Å². The summed E-state index contributed by atoms with van der Waals surface area (Å²) in [4.78, 5) is 13.6. The third kappa shape index (κ3) is 3.22. The largest absolute Gasteiger partial charge is 0.504 e. The Morgan fingerprint density at radius 1 is 1.26 bits per heavy atom. The maximum Gasteiger partial charge on any atom is 0.158 e. The first kappa shape index (κ1) is 16.3. The van der Waals surface area contributed by atoms with Gasteiger partial charge in [-0.15, -0.1) is 0 Å². The van der Waals surface area contributed by atoms with Crippen molar-refractivity contribution in [1.82, 2.24) is 4.90 Å². The summed E-state index contributed by atoms with van der Waals surface area (Å²) in [6.07, 6.45) is 5.53. The predicted octanol–water partition coefficient (Wildman–Crippen LogP) is 2.08. The molecular formula is C17H20ClNO4. The normalized spacial score (nSPS) is 27.9.